The summed E-state index contributed by atoms with van der Waals surface area (Å²) in [6.45, 7) is 7.08. The fraction of sp³-hybridized carbons (Fsp3) is 0.308. The first-order valence-corrected chi connectivity index (χ1v) is 5.60. The molecule has 0 aliphatic heterocycles. The number of carbonyl (C=O) groups is 1. The number of rotatable bonds is 6. The van der Waals surface area contributed by atoms with Gasteiger partial charge >= 0.3 is 6.03 Å². The van der Waals surface area contributed by atoms with Crippen molar-refractivity contribution in [3.63, 3.8) is 0 Å². The second kappa shape index (κ2) is 7.33. The molecule has 0 aromatic heterocycles. The van der Waals surface area contributed by atoms with Gasteiger partial charge < -0.3 is 15.4 Å². The first-order valence-electron chi connectivity index (χ1n) is 5.60. The van der Waals surface area contributed by atoms with E-state index in [2.05, 4.69) is 17.2 Å². The van der Waals surface area contributed by atoms with E-state index in [9.17, 15) is 4.79 Å². The Bertz CT molecular complexity index is 360. The molecule has 0 saturated carbocycles. The first-order chi connectivity index (χ1) is 8.26. The van der Waals surface area contributed by atoms with Gasteiger partial charge in [0.15, 0.2) is 0 Å². The fourth-order valence-corrected chi connectivity index (χ4v) is 1.28. The van der Waals surface area contributed by atoms with Crippen molar-refractivity contribution in [3.05, 3.63) is 42.5 Å². The molecule has 0 spiro atoms. The SMILES string of the molecule is C=CCNC(=O)NCc1ccc(OCC)cc1. The van der Waals surface area contributed by atoms with Crippen LogP contribution in [0.15, 0.2) is 36.9 Å². The molecular weight excluding hydrogens is 216 g/mol. The van der Waals surface area contributed by atoms with Crippen LogP contribution in [-0.2, 0) is 6.54 Å². The Morgan fingerprint density at radius 1 is 1.35 bits per heavy atom. The molecule has 0 unspecified atom stereocenters. The summed E-state index contributed by atoms with van der Waals surface area (Å²) in [7, 11) is 0. The highest BCUT2D eigenvalue weighted by atomic mass is 16.5. The average molecular weight is 234 g/mol. The van der Waals surface area contributed by atoms with Crippen LogP contribution in [-0.4, -0.2) is 19.2 Å². The minimum absolute atomic E-state index is 0.196. The van der Waals surface area contributed by atoms with E-state index in [1.165, 1.54) is 0 Å². The zero-order valence-electron chi connectivity index (χ0n) is 10.0. The van der Waals surface area contributed by atoms with Crippen molar-refractivity contribution in [3.8, 4) is 5.75 Å². The van der Waals surface area contributed by atoms with E-state index in [4.69, 9.17) is 4.74 Å². The second-order valence-corrected chi connectivity index (χ2v) is 3.43. The van der Waals surface area contributed by atoms with Gasteiger partial charge in [-0.25, -0.2) is 4.79 Å². The monoisotopic (exact) mass is 234 g/mol. The topological polar surface area (TPSA) is 50.4 Å². The molecule has 2 N–H and O–H groups in total. The molecule has 0 aliphatic carbocycles. The van der Waals surface area contributed by atoms with Crippen LogP contribution in [0.25, 0.3) is 0 Å². The van der Waals surface area contributed by atoms with Gasteiger partial charge in [-0.15, -0.1) is 6.58 Å². The number of nitrogens with one attached hydrogen (secondary N) is 2. The van der Waals surface area contributed by atoms with Gasteiger partial charge in [0.1, 0.15) is 5.75 Å². The van der Waals surface area contributed by atoms with E-state index in [0.29, 0.717) is 19.7 Å². The number of amides is 2. The summed E-state index contributed by atoms with van der Waals surface area (Å²) in [5.41, 5.74) is 1.03. The lowest BCUT2D eigenvalue weighted by molar-refractivity contribution is 0.241. The molecule has 0 atom stereocenters. The summed E-state index contributed by atoms with van der Waals surface area (Å²) in [6, 6.07) is 7.45. The van der Waals surface area contributed by atoms with Crippen LogP contribution in [0, 0.1) is 0 Å². The van der Waals surface area contributed by atoms with E-state index in [0.717, 1.165) is 11.3 Å². The van der Waals surface area contributed by atoms with E-state index in [1.54, 1.807) is 6.08 Å². The molecule has 17 heavy (non-hydrogen) atoms. The molecule has 0 bridgehead atoms. The van der Waals surface area contributed by atoms with Crippen LogP contribution < -0.4 is 15.4 Å². The molecule has 0 saturated heterocycles. The van der Waals surface area contributed by atoms with Crippen molar-refractivity contribution >= 4 is 6.03 Å². The Kier molecular flexibility index (Phi) is 5.64. The minimum atomic E-state index is -0.196. The summed E-state index contributed by atoms with van der Waals surface area (Å²) >= 11 is 0. The zero-order chi connectivity index (χ0) is 12.5. The van der Waals surface area contributed by atoms with Gasteiger partial charge in [0, 0.05) is 13.1 Å². The van der Waals surface area contributed by atoms with Crippen LogP contribution >= 0.6 is 0 Å². The van der Waals surface area contributed by atoms with Gasteiger partial charge in [-0.05, 0) is 24.6 Å². The molecule has 2 amide bonds. The van der Waals surface area contributed by atoms with Crippen molar-refractivity contribution in [1.29, 1.82) is 0 Å². The highest BCUT2D eigenvalue weighted by molar-refractivity contribution is 5.73. The maximum absolute atomic E-state index is 11.3. The Labute approximate surface area is 102 Å². The Morgan fingerprint density at radius 3 is 2.65 bits per heavy atom. The van der Waals surface area contributed by atoms with Gasteiger partial charge in [0.25, 0.3) is 0 Å². The van der Waals surface area contributed by atoms with Gasteiger partial charge in [0.2, 0.25) is 0 Å². The standard InChI is InChI=1S/C13H18N2O2/c1-3-9-14-13(16)15-10-11-5-7-12(8-6-11)17-4-2/h3,5-8H,1,4,9-10H2,2H3,(H2,14,15,16). The Morgan fingerprint density at radius 2 is 2.06 bits per heavy atom. The molecule has 0 fully saturated rings. The van der Waals surface area contributed by atoms with Crippen molar-refractivity contribution in [1.82, 2.24) is 10.6 Å². The molecule has 0 radical (unpaired) electrons. The number of hydrogen-bond acceptors (Lipinski definition) is 2. The quantitative estimate of drug-likeness (QED) is 0.740. The lowest BCUT2D eigenvalue weighted by Crippen LogP contribution is -2.34. The highest BCUT2D eigenvalue weighted by Crippen LogP contribution is 2.11. The third kappa shape index (κ3) is 5.06. The number of hydrogen-bond donors (Lipinski definition) is 2. The van der Waals surface area contributed by atoms with E-state index in [-0.39, 0.29) is 6.03 Å². The summed E-state index contributed by atoms with van der Waals surface area (Å²) in [4.78, 5) is 11.3. The molecule has 0 aliphatic rings. The number of urea groups is 1. The van der Waals surface area contributed by atoms with Gasteiger partial charge in [0.05, 0.1) is 6.61 Å². The van der Waals surface area contributed by atoms with Gasteiger partial charge in [-0.2, -0.15) is 0 Å². The van der Waals surface area contributed by atoms with E-state index in [1.807, 2.05) is 31.2 Å². The number of benzene rings is 1. The van der Waals surface area contributed by atoms with Crippen molar-refractivity contribution < 1.29 is 9.53 Å². The van der Waals surface area contributed by atoms with Gasteiger partial charge in [-0.3, -0.25) is 0 Å². The van der Waals surface area contributed by atoms with Crippen LogP contribution in [0.4, 0.5) is 4.79 Å². The minimum Gasteiger partial charge on any atom is -0.494 e. The molecule has 1 aromatic carbocycles. The van der Waals surface area contributed by atoms with Crippen LogP contribution in [0.3, 0.4) is 0 Å². The number of carbonyl (C=O) groups excluding carboxylic acids is 1. The first kappa shape index (κ1) is 13.1. The molecular formula is C13H18N2O2. The Hall–Kier alpha value is -1.97. The highest BCUT2D eigenvalue weighted by Gasteiger charge is 1.99. The largest absolute Gasteiger partial charge is 0.494 e. The zero-order valence-corrected chi connectivity index (χ0v) is 10.0. The third-order valence-electron chi connectivity index (χ3n) is 2.09. The van der Waals surface area contributed by atoms with Crippen molar-refractivity contribution in [2.45, 2.75) is 13.5 Å². The third-order valence-corrected chi connectivity index (χ3v) is 2.09. The summed E-state index contributed by atoms with van der Waals surface area (Å²) in [5.74, 6) is 0.840. The molecule has 4 nitrogen and oxygen atoms in total. The normalized spacial score (nSPS) is 9.47. The maximum Gasteiger partial charge on any atom is 0.315 e. The molecule has 4 heteroatoms. The van der Waals surface area contributed by atoms with Gasteiger partial charge in [-0.1, -0.05) is 18.2 Å². The van der Waals surface area contributed by atoms with Crippen LogP contribution in [0.1, 0.15) is 12.5 Å². The Balaban J connectivity index is 2.36. The average Bonchev–Trinajstić information content (AvgIpc) is 2.36. The van der Waals surface area contributed by atoms with Crippen molar-refractivity contribution in [2.24, 2.45) is 0 Å². The second-order valence-electron chi connectivity index (χ2n) is 3.43. The van der Waals surface area contributed by atoms with E-state index >= 15 is 0 Å². The van der Waals surface area contributed by atoms with Crippen LogP contribution in [0.2, 0.25) is 0 Å². The number of ether oxygens (including phenoxy) is 1. The summed E-state index contributed by atoms with van der Waals surface area (Å²) in [6.07, 6.45) is 1.64. The van der Waals surface area contributed by atoms with Crippen LogP contribution in [0.5, 0.6) is 5.75 Å². The van der Waals surface area contributed by atoms with E-state index < -0.39 is 0 Å². The lowest BCUT2D eigenvalue weighted by Gasteiger charge is -2.07. The smallest absolute Gasteiger partial charge is 0.315 e. The predicted octanol–water partition coefficient (Wildman–Crippen LogP) is 2.07. The predicted molar refractivity (Wildman–Crippen MR) is 68.0 cm³/mol. The van der Waals surface area contributed by atoms with Crippen molar-refractivity contribution in [2.75, 3.05) is 13.2 Å². The molecule has 1 rings (SSSR count). The lowest BCUT2D eigenvalue weighted by atomic mass is 10.2. The maximum atomic E-state index is 11.3. The summed E-state index contributed by atoms with van der Waals surface area (Å²) in [5, 5.41) is 5.39. The summed E-state index contributed by atoms with van der Waals surface area (Å²) < 4.78 is 5.33. The molecule has 92 valence electrons. The molecule has 0 heterocycles. The molecule has 1 aromatic rings. The fourth-order valence-electron chi connectivity index (χ4n) is 1.28.